The van der Waals surface area contributed by atoms with Gasteiger partial charge >= 0.3 is 0 Å². The fraction of sp³-hybridized carbons (Fsp3) is 0.222. The van der Waals surface area contributed by atoms with Gasteiger partial charge in [-0.2, -0.15) is 0 Å². The Morgan fingerprint density at radius 2 is 1.79 bits per heavy atom. The molecule has 0 fully saturated rings. The number of ether oxygens (including phenoxy) is 2. The number of methoxy groups -OCH3 is 2. The molecule has 174 valence electrons. The number of hydrogen-bond acceptors (Lipinski definition) is 5. The van der Waals surface area contributed by atoms with E-state index >= 15 is 0 Å². The minimum absolute atomic E-state index is 0.0902. The molecule has 1 aliphatic heterocycles. The van der Waals surface area contributed by atoms with E-state index in [0.29, 0.717) is 34.3 Å². The predicted molar refractivity (Wildman–Crippen MR) is 134 cm³/mol. The molecule has 1 N–H and O–H groups in total. The molecule has 0 bridgehead atoms. The molecule has 0 atom stereocenters. The molecule has 2 amide bonds. The Kier molecular flexibility index (Phi) is 6.63. The molecule has 0 saturated heterocycles. The van der Waals surface area contributed by atoms with Crippen molar-refractivity contribution in [2.45, 2.75) is 20.3 Å². The van der Waals surface area contributed by atoms with Crippen LogP contribution in [0.2, 0.25) is 0 Å². The van der Waals surface area contributed by atoms with Gasteiger partial charge in [0.05, 0.1) is 43.4 Å². The predicted octanol–water partition coefficient (Wildman–Crippen LogP) is 4.82. The summed E-state index contributed by atoms with van der Waals surface area (Å²) in [6.07, 6.45) is 0.0902. The summed E-state index contributed by atoms with van der Waals surface area (Å²) >= 11 is 0. The molecule has 1 aliphatic rings. The van der Waals surface area contributed by atoms with Gasteiger partial charge in [-0.1, -0.05) is 24.3 Å². The van der Waals surface area contributed by atoms with Crippen LogP contribution in [0.3, 0.4) is 0 Å². The van der Waals surface area contributed by atoms with Crippen molar-refractivity contribution >= 4 is 34.6 Å². The van der Waals surface area contributed by atoms with E-state index < -0.39 is 0 Å². The van der Waals surface area contributed by atoms with Crippen molar-refractivity contribution in [1.29, 1.82) is 0 Å². The third kappa shape index (κ3) is 4.78. The summed E-state index contributed by atoms with van der Waals surface area (Å²) in [5.74, 6) is 0.523. The van der Waals surface area contributed by atoms with Crippen molar-refractivity contribution in [2.75, 3.05) is 31.0 Å². The van der Waals surface area contributed by atoms with Crippen molar-refractivity contribution in [3.8, 4) is 11.5 Å². The first kappa shape index (κ1) is 23.0. The van der Waals surface area contributed by atoms with Gasteiger partial charge in [0.25, 0.3) is 0 Å². The van der Waals surface area contributed by atoms with E-state index in [1.165, 1.54) is 17.6 Å². The lowest BCUT2D eigenvalue weighted by atomic mass is 10.0. The molecule has 0 aliphatic carbocycles. The molecule has 0 aromatic heterocycles. The SMILES string of the molecule is COc1ccc(OC)c(NC(=O)CN2C(=O)CC(c3ccc(C)c(C)c3)=Nc3ccccc32)c1. The molecular weight excluding hydrogens is 430 g/mol. The van der Waals surface area contributed by atoms with Crippen LogP contribution in [0.1, 0.15) is 23.1 Å². The molecule has 7 heteroatoms. The highest BCUT2D eigenvalue weighted by atomic mass is 16.5. The van der Waals surface area contributed by atoms with E-state index in [1.807, 2.05) is 50.2 Å². The second kappa shape index (κ2) is 9.79. The number of anilines is 2. The number of nitrogens with zero attached hydrogens (tertiary/aromatic N) is 2. The van der Waals surface area contributed by atoms with Gasteiger partial charge < -0.3 is 19.7 Å². The average Bonchev–Trinajstić information content (AvgIpc) is 2.97. The van der Waals surface area contributed by atoms with Gasteiger partial charge in [-0.05, 0) is 60.9 Å². The Morgan fingerprint density at radius 1 is 1.00 bits per heavy atom. The normalized spacial score (nSPS) is 13.0. The summed E-state index contributed by atoms with van der Waals surface area (Å²) in [7, 11) is 3.07. The van der Waals surface area contributed by atoms with Gasteiger partial charge in [0.2, 0.25) is 11.8 Å². The first-order valence-corrected chi connectivity index (χ1v) is 11.0. The first-order chi connectivity index (χ1) is 16.4. The smallest absolute Gasteiger partial charge is 0.244 e. The van der Waals surface area contributed by atoms with Gasteiger partial charge in [-0.25, -0.2) is 0 Å². The molecule has 0 saturated carbocycles. The number of nitrogens with one attached hydrogen (secondary N) is 1. The maximum Gasteiger partial charge on any atom is 0.244 e. The summed E-state index contributed by atoms with van der Waals surface area (Å²) in [4.78, 5) is 32.6. The molecule has 0 unspecified atom stereocenters. The van der Waals surface area contributed by atoms with Crippen molar-refractivity contribution < 1.29 is 19.1 Å². The number of carbonyl (C=O) groups is 2. The molecule has 34 heavy (non-hydrogen) atoms. The Hall–Kier alpha value is -4.13. The Labute approximate surface area is 199 Å². The minimum Gasteiger partial charge on any atom is -0.497 e. The maximum atomic E-state index is 13.3. The van der Waals surface area contributed by atoms with Crippen LogP contribution in [-0.4, -0.2) is 38.3 Å². The Morgan fingerprint density at radius 3 is 2.53 bits per heavy atom. The van der Waals surface area contributed by atoms with Crippen LogP contribution in [0.25, 0.3) is 0 Å². The number of fused-ring (bicyclic) bond motifs is 1. The fourth-order valence-corrected chi connectivity index (χ4v) is 3.85. The average molecular weight is 458 g/mol. The van der Waals surface area contributed by atoms with Gasteiger partial charge in [-0.15, -0.1) is 0 Å². The summed E-state index contributed by atoms with van der Waals surface area (Å²) in [6, 6.07) is 18.5. The highest BCUT2D eigenvalue weighted by Gasteiger charge is 2.27. The van der Waals surface area contributed by atoms with Crippen LogP contribution < -0.4 is 19.7 Å². The summed E-state index contributed by atoms with van der Waals surface area (Å²) in [5.41, 5.74) is 5.60. The van der Waals surface area contributed by atoms with Gasteiger partial charge in [0.1, 0.15) is 18.0 Å². The van der Waals surface area contributed by atoms with Crippen LogP contribution >= 0.6 is 0 Å². The molecular formula is C27H27N3O4. The summed E-state index contributed by atoms with van der Waals surface area (Å²) in [6.45, 7) is 3.92. The number of hydrogen-bond donors (Lipinski definition) is 1. The molecule has 0 radical (unpaired) electrons. The monoisotopic (exact) mass is 457 g/mol. The molecule has 3 aromatic rings. The zero-order valence-corrected chi connectivity index (χ0v) is 19.7. The van der Waals surface area contributed by atoms with Crippen molar-refractivity contribution in [3.05, 3.63) is 77.4 Å². The topological polar surface area (TPSA) is 80.2 Å². The Bertz CT molecular complexity index is 1280. The number of benzene rings is 3. The zero-order valence-electron chi connectivity index (χ0n) is 19.7. The van der Waals surface area contributed by atoms with Crippen LogP contribution in [0, 0.1) is 13.8 Å². The third-order valence-corrected chi connectivity index (χ3v) is 5.87. The minimum atomic E-state index is -0.357. The van der Waals surface area contributed by atoms with Gasteiger partial charge in [0, 0.05) is 6.07 Å². The molecule has 1 heterocycles. The van der Waals surface area contributed by atoms with E-state index in [2.05, 4.69) is 5.32 Å². The third-order valence-electron chi connectivity index (χ3n) is 5.87. The number of amides is 2. The number of para-hydroxylation sites is 2. The van der Waals surface area contributed by atoms with Crippen LogP contribution in [0.15, 0.2) is 65.7 Å². The van der Waals surface area contributed by atoms with Crippen LogP contribution in [-0.2, 0) is 9.59 Å². The van der Waals surface area contributed by atoms with Crippen LogP contribution in [0.4, 0.5) is 17.1 Å². The van der Waals surface area contributed by atoms with E-state index in [9.17, 15) is 9.59 Å². The number of aryl methyl sites for hydroxylation is 2. The van der Waals surface area contributed by atoms with Crippen molar-refractivity contribution in [2.24, 2.45) is 4.99 Å². The number of rotatable bonds is 6. The first-order valence-electron chi connectivity index (χ1n) is 11.0. The largest absolute Gasteiger partial charge is 0.497 e. The lowest BCUT2D eigenvalue weighted by molar-refractivity contribution is -0.120. The standard InChI is InChI=1S/C27H27N3O4/c1-17-9-10-19(13-18(17)2)22-15-27(32)30(24-8-6-5-7-21(24)28-22)16-26(31)29-23-14-20(33-3)11-12-25(23)34-4/h5-14H,15-16H2,1-4H3,(H,29,31). The lowest BCUT2D eigenvalue weighted by Crippen LogP contribution is -2.38. The van der Waals surface area contributed by atoms with Crippen LogP contribution in [0.5, 0.6) is 11.5 Å². The molecule has 4 rings (SSSR count). The van der Waals surface area contributed by atoms with E-state index in [1.54, 1.807) is 31.4 Å². The zero-order chi connectivity index (χ0) is 24.2. The molecule has 3 aromatic carbocycles. The highest BCUT2D eigenvalue weighted by molar-refractivity contribution is 6.19. The van der Waals surface area contributed by atoms with E-state index in [-0.39, 0.29) is 24.8 Å². The van der Waals surface area contributed by atoms with Crippen molar-refractivity contribution in [1.82, 2.24) is 0 Å². The maximum absolute atomic E-state index is 13.3. The lowest BCUT2D eigenvalue weighted by Gasteiger charge is -2.22. The summed E-state index contributed by atoms with van der Waals surface area (Å²) < 4.78 is 10.6. The summed E-state index contributed by atoms with van der Waals surface area (Å²) in [5, 5.41) is 2.84. The van der Waals surface area contributed by atoms with Gasteiger partial charge in [-0.3, -0.25) is 14.6 Å². The van der Waals surface area contributed by atoms with E-state index in [4.69, 9.17) is 14.5 Å². The number of carbonyl (C=O) groups excluding carboxylic acids is 2. The Balaban J connectivity index is 1.62. The highest BCUT2D eigenvalue weighted by Crippen LogP contribution is 2.34. The molecule has 0 spiro atoms. The quantitative estimate of drug-likeness (QED) is 0.576. The number of aliphatic imine (C=N–C) groups is 1. The molecule has 7 nitrogen and oxygen atoms in total. The second-order valence-electron chi connectivity index (χ2n) is 8.12. The van der Waals surface area contributed by atoms with Gasteiger partial charge in [0.15, 0.2) is 0 Å². The second-order valence-corrected chi connectivity index (χ2v) is 8.12. The fourth-order valence-electron chi connectivity index (χ4n) is 3.85. The van der Waals surface area contributed by atoms with E-state index in [0.717, 1.165) is 11.1 Å². The van der Waals surface area contributed by atoms with Crippen molar-refractivity contribution in [3.63, 3.8) is 0 Å².